The maximum atomic E-state index is 13.0. The van der Waals surface area contributed by atoms with E-state index in [0.29, 0.717) is 17.5 Å². The van der Waals surface area contributed by atoms with Crippen molar-refractivity contribution < 1.29 is 31.1 Å². The van der Waals surface area contributed by atoms with Crippen LogP contribution in [-0.4, -0.2) is 26.7 Å². The molecule has 3 rings (SSSR count). The summed E-state index contributed by atoms with van der Waals surface area (Å²) in [6.45, 7) is 1.73. The molecule has 0 saturated carbocycles. The Morgan fingerprint density at radius 2 is 1.60 bits per heavy atom. The SMILES string of the molecule is COc1ccc(S[C@@H](C)C(=O)Nc2ccc(S(=O)(=O)Nc3ccc(Cl)c(C(F)(F)F)c3)cc2)cc1. The molecular formula is C23H20ClF3N2O4S2. The highest BCUT2D eigenvalue weighted by molar-refractivity contribution is 8.00. The van der Waals surface area contributed by atoms with E-state index in [2.05, 4.69) is 10.0 Å². The molecule has 1 amide bonds. The first-order chi connectivity index (χ1) is 16.4. The Kier molecular flexibility index (Phi) is 8.24. The van der Waals surface area contributed by atoms with Gasteiger partial charge in [-0.2, -0.15) is 13.2 Å². The van der Waals surface area contributed by atoms with Crippen LogP contribution in [0.3, 0.4) is 0 Å². The van der Waals surface area contributed by atoms with Crippen molar-refractivity contribution in [2.75, 3.05) is 17.1 Å². The van der Waals surface area contributed by atoms with Gasteiger partial charge in [-0.05, 0) is 73.7 Å². The molecule has 0 bridgehead atoms. The Bertz CT molecular complexity index is 1300. The topological polar surface area (TPSA) is 84.5 Å². The summed E-state index contributed by atoms with van der Waals surface area (Å²) in [6.07, 6.45) is -4.73. The van der Waals surface area contributed by atoms with Crippen molar-refractivity contribution in [2.45, 2.75) is 28.1 Å². The van der Waals surface area contributed by atoms with Gasteiger partial charge in [-0.15, -0.1) is 11.8 Å². The fourth-order valence-electron chi connectivity index (χ4n) is 2.89. The van der Waals surface area contributed by atoms with Crippen molar-refractivity contribution in [3.63, 3.8) is 0 Å². The molecular weight excluding hydrogens is 525 g/mol. The van der Waals surface area contributed by atoms with E-state index in [1.54, 1.807) is 26.2 Å². The van der Waals surface area contributed by atoms with Gasteiger partial charge >= 0.3 is 6.18 Å². The van der Waals surface area contributed by atoms with Crippen molar-refractivity contribution in [3.05, 3.63) is 77.3 Å². The summed E-state index contributed by atoms with van der Waals surface area (Å²) < 4.78 is 71.6. The standard InChI is InChI=1S/C23H20ClF3N2O4S2/c1-14(34-18-8-6-17(33-2)7-9-18)22(30)28-15-3-10-19(11-4-15)35(31,32)29-16-5-12-21(24)20(13-16)23(25,26)27/h3-14,29H,1-2H3,(H,28,30)/t14-/m0/s1. The molecule has 0 fully saturated rings. The lowest BCUT2D eigenvalue weighted by atomic mass is 10.2. The maximum Gasteiger partial charge on any atom is 0.417 e. The van der Waals surface area contributed by atoms with Crippen LogP contribution in [0.5, 0.6) is 5.75 Å². The van der Waals surface area contributed by atoms with Crippen LogP contribution in [0.15, 0.2) is 76.5 Å². The van der Waals surface area contributed by atoms with E-state index in [0.717, 1.165) is 17.0 Å². The smallest absolute Gasteiger partial charge is 0.417 e. The van der Waals surface area contributed by atoms with Crippen molar-refractivity contribution in [2.24, 2.45) is 0 Å². The third-order valence-electron chi connectivity index (χ3n) is 4.70. The van der Waals surface area contributed by atoms with E-state index >= 15 is 0 Å². The number of alkyl halides is 3. The van der Waals surface area contributed by atoms with Gasteiger partial charge in [0.05, 0.1) is 27.8 Å². The normalized spacial score (nSPS) is 12.6. The van der Waals surface area contributed by atoms with Crippen LogP contribution in [0.25, 0.3) is 0 Å². The van der Waals surface area contributed by atoms with Gasteiger partial charge in [0.2, 0.25) is 5.91 Å². The van der Waals surface area contributed by atoms with Crippen LogP contribution in [0, 0.1) is 0 Å². The highest BCUT2D eigenvalue weighted by atomic mass is 35.5. The zero-order valence-electron chi connectivity index (χ0n) is 18.4. The minimum Gasteiger partial charge on any atom is -0.497 e. The molecule has 0 radical (unpaired) electrons. The van der Waals surface area contributed by atoms with Gasteiger partial charge in [0, 0.05) is 16.3 Å². The van der Waals surface area contributed by atoms with Crippen molar-refractivity contribution in [3.8, 4) is 5.75 Å². The average Bonchev–Trinajstić information content (AvgIpc) is 2.80. The molecule has 2 N–H and O–H groups in total. The van der Waals surface area contributed by atoms with Gasteiger partial charge in [0.15, 0.2) is 0 Å². The number of benzene rings is 3. The number of ether oxygens (including phenoxy) is 1. The molecule has 0 aromatic heterocycles. The number of sulfonamides is 1. The van der Waals surface area contributed by atoms with Crippen LogP contribution in [-0.2, 0) is 21.0 Å². The summed E-state index contributed by atoms with van der Waals surface area (Å²) in [5.41, 5.74) is -1.08. The van der Waals surface area contributed by atoms with Crippen molar-refractivity contribution in [1.82, 2.24) is 0 Å². The summed E-state index contributed by atoms with van der Waals surface area (Å²) in [5, 5.41) is 1.72. The first-order valence-electron chi connectivity index (χ1n) is 10.0. The Morgan fingerprint density at radius 3 is 2.17 bits per heavy atom. The predicted octanol–water partition coefficient (Wildman–Crippen LogP) is 6.29. The monoisotopic (exact) mass is 544 g/mol. The Labute approximate surface area is 209 Å². The lowest BCUT2D eigenvalue weighted by molar-refractivity contribution is -0.137. The number of hydrogen-bond acceptors (Lipinski definition) is 5. The highest BCUT2D eigenvalue weighted by Crippen LogP contribution is 2.36. The van der Waals surface area contributed by atoms with Crippen LogP contribution in [0.1, 0.15) is 12.5 Å². The predicted molar refractivity (Wildman–Crippen MR) is 131 cm³/mol. The summed E-state index contributed by atoms with van der Waals surface area (Å²) in [7, 11) is -2.62. The van der Waals surface area contributed by atoms with Crippen molar-refractivity contribution in [1.29, 1.82) is 0 Å². The molecule has 0 saturated heterocycles. The van der Waals surface area contributed by atoms with E-state index in [9.17, 15) is 26.4 Å². The maximum absolute atomic E-state index is 13.0. The Hall–Kier alpha value is -2.89. The molecule has 12 heteroatoms. The summed E-state index contributed by atoms with van der Waals surface area (Å²) in [5.74, 6) is 0.410. The number of nitrogens with one attached hydrogen (secondary N) is 2. The summed E-state index contributed by atoms with van der Waals surface area (Å²) in [4.78, 5) is 13.2. The third-order valence-corrected chi connectivity index (χ3v) is 7.54. The first-order valence-corrected chi connectivity index (χ1v) is 12.7. The fourth-order valence-corrected chi connectivity index (χ4v) is 5.03. The largest absolute Gasteiger partial charge is 0.497 e. The molecule has 0 heterocycles. The van der Waals surface area contributed by atoms with Gasteiger partial charge in [-0.1, -0.05) is 11.6 Å². The molecule has 0 aliphatic heterocycles. The quantitative estimate of drug-likeness (QED) is 0.326. The zero-order chi connectivity index (χ0) is 25.8. The van der Waals surface area contributed by atoms with E-state index in [1.165, 1.54) is 36.0 Å². The Balaban J connectivity index is 1.66. The molecule has 0 aliphatic rings. The second-order valence-corrected chi connectivity index (χ2v) is 10.8. The lowest BCUT2D eigenvalue weighted by Gasteiger charge is -2.14. The molecule has 35 heavy (non-hydrogen) atoms. The second-order valence-electron chi connectivity index (χ2n) is 7.25. The first kappa shape index (κ1) is 26.7. The number of carbonyl (C=O) groups is 1. The highest BCUT2D eigenvalue weighted by Gasteiger charge is 2.33. The van der Waals surface area contributed by atoms with Gasteiger partial charge in [0.1, 0.15) is 5.75 Å². The van der Waals surface area contributed by atoms with Gasteiger partial charge in [0.25, 0.3) is 10.0 Å². The number of methoxy groups -OCH3 is 1. The Morgan fingerprint density at radius 1 is 1.00 bits per heavy atom. The number of thioether (sulfide) groups is 1. The molecule has 3 aromatic carbocycles. The lowest BCUT2D eigenvalue weighted by Crippen LogP contribution is -2.22. The molecule has 3 aromatic rings. The van der Waals surface area contributed by atoms with E-state index < -0.39 is 32.0 Å². The second kappa shape index (κ2) is 10.8. The van der Waals surface area contributed by atoms with Gasteiger partial charge < -0.3 is 10.1 Å². The van der Waals surface area contributed by atoms with Gasteiger partial charge in [-0.3, -0.25) is 9.52 Å². The zero-order valence-corrected chi connectivity index (χ0v) is 20.8. The minimum atomic E-state index is -4.73. The number of carbonyl (C=O) groups excluding carboxylic acids is 1. The van der Waals surface area contributed by atoms with Crippen LogP contribution < -0.4 is 14.8 Å². The molecule has 0 aliphatic carbocycles. The molecule has 0 unspecified atom stereocenters. The van der Waals surface area contributed by atoms with E-state index in [-0.39, 0.29) is 16.5 Å². The average molecular weight is 545 g/mol. The molecule has 0 spiro atoms. The number of anilines is 2. The minimum absolute atomic E-state index is 0.195. The third kappa shape index (κ3) is 7.06. The molecule has 186 valence electrons. The number of halogens is 4. The molecule has 6 nitrogen and oxygen atoms in total. The fraction of sp³-hybridized carbons (Fsp3) is 0.174. The van der Waals surface area contributed by atoms with Crippen molar-refractivity contribution >= 4 is 50.7 Å². The van der Waals surface area contributed by atoms with Crippen LogP contribution in [0.4, 0.5) is 24.5 Å². The van der Waals surface area contributed by atoms with E-state index in [1.807, 2.05) is 12.1 Å². The number of amides is 1. The summed E-state index contributed by atoms with van der Waals surface area (Å²) in [6, 6.07) is 15.2. The van der Waals surface area contributed by atoms with Crippen LogP contribution in [0.2, 0.25) is 5.02 Å². The number of hydrogen-bond donors (Lipinski definition) is 2. The van der Waals surface area contributed by atoms with Gasteiger partial charge in [-0.25, -0.2) is 8.42 Å². The number of rotatable bonds is 8. The molecule has 1 atom stereocenters. The van der Waals surface area contributed by atoms with E-state index in [4.69, 9.17) is 16.3 Å². The van der Waals surface area contributed by atoms with Crippen LogP contribution >= 0.6 is 23.4 Å². The summed E-state index contributed by atoms with van der Waals surface area (Å²) >= 11 is 6.91.